The van der Waals surface area contributed by atoms with Gasteiger partial charge in [-0.1, -0.05) is 12.1 Å². The van der Waals surface area contributed by atoms with Crippen LogP contribution in [0.3, 0.4) is 0 Å². The van der Waals surface area contributed by atoms with Gasteiger partial charge in [-0.3, -0.25) is 9.79 Å². The molecule has 1 aliphatic carbocycles. The van der Waals surface area contributed by atoms with Crippen molar-refractivity contribution >= 4 is 11.9 Å². The van der Waals surface area contributed by atoms with Gasteiger partial charge in [0.05, 0.1) is 6.61 Å². The van der Waals surface area contributed by atoms with Crippen molar-refractivity contribution < 1.29 is 9.53 Å². The zero-order valence-corrected chi connectivity index (χ0v) is 17.3. The molecule has 0 radical (unpaired) electrons. The predicted octanol–water partition coefficient (Wildman–Crippen LogP) is 2.75. The van der Waals surface area contributed by atoms with Crippen LogP contribution in [0.2, 0.25) is 0 Å². The summed E-state index contributed by atoms with van der Waals surface area (Å²) in [6, 6.07) is 7.92. The number of aliphatic imine (C=N–C) groups is 1. The number of benzene rings is 1. The van der Waals surface area contributed by atoms with Crippen molar-refractivity contribution in [2.24, 2.45) is 10.9 Å². The number of likely N-dealkylation sites (tertiary alicyclic amines) is 1. The molecule has 1 heterocycles. The number of hydrogen-bond donors (Lipinski definition) is 1. The molecule has 6 nitrogen and oxygen atoms in total. The molecule has 2 aliphatic rings. The monoisotopic (exact) mass is 386 g/mol. The molecule has 154 valence electrons. The molecule has 28 heavy (non-hydrogen) atoms. The van der Waals surface area contributed by atoms with Crippen LogP contribution in [0.25, 0.3) is 0 Å². The second-order valence-electron chi connectivity index (χ2n) is 7.89. The SMILES string of the molecule is CN=C(NCc1cccc(C(=O)N2CCCCC2)c1)N(C)CCOCC1CC1. The van der Waals surface area contributed by atoms with Crippen molar-refractivity contribution in [1.29, 1.82) is 0 Å². The molecule has 0 aromatic heterocycles. The lowest BCUT2D eigenvalue weighted by Gasteiger charge is -2.27. The predicted molar refractivity (Wildman–Crippen MR) is 113 cm³/mol. The summed E-state index contributed by atoms with van der Waals surface area (Å²) in [5.74, 6) is 1.78. The number of amides is 1. The number of nitrogens with one attached hydrogen (secondary N) is 1. The molecule has 2 fully saturated rings. The molecule has 1 aromatic rings. The van der Waals surface area contributed by atoms with Gasteiger partial charge >= 0.3 is 0 Å². The summed E-state index contributed by atoms with van der Waals surface area (Å²) in [5.41, 5.74) is 1.86. The molecule has 0 atom stereocenters. The molecule has 0 spiro atoms. The van der Waals surface area contributed by atoms with Crippen LogP contribution in [0.4, 0.5) is 0 Å². The highest BCUT2D eigenvalue weighted by molar-refractivity contribution is 5.94. The number of piperidine rings is 1. The highest BCUT2D eigenvalue weighted by Gasteiger charge is 2.21. The van der Waals surface area contributed by atoms with E-state index in [1.54, 1.807) is 7.05 Å². The first-order valence-corrected chi connectivity index (χ1v) is 10.5. The first-order chi connectivity index (χ1) is 13.7. The number of ether oxygens (including phenoxy) is 1. The quantitative estimate of drug-likeness (QED) is 0.424. The van der Waals surface area contributed by atoms with Crippen molar-refractivity contribution in [2.75, 3.05) is 46.9 Å². The molecule has 3 rings (SSSR count). The minimum atomic E-state index is 0.149. The summed E-state index contributed by atoms with van der Waals surface area (Å²) in [5, 5.41) is 3.39. The van der Waals surface area contributed by atoms with E-state index in [1.807, 2.05) is 36.2 Å². The minimum Gasteiger partial charge on any atom is -0.379 e. The van der Waals surface area contributed by atoms with Crippen LogP contribution in [0.1, 0.15) is 48.0 Å². The van der Waals surface area contributed by atoms with Crippen molar-refractivity contribution in [1.82, 2.24) is 15.1 Å². The minimum absolute atomic E-state index is 0.149. The van der Waals surface area contributed by atoms with E-state index in [4.69, 9.17) is 4.74 Å². The fourth-order valence-electron chi connectivity index (χ4n) is 3.50. The maximum absolute atomic E-state index is 12.7. The number of guanidine groups is 1. The van der Waals surface area contributed by atoms with Crippen LogP contribution in [-0.2, 0) is 11.3 Å². The molecule has 6 heteroatoms. The third-order valence-corrected chi connectivity index (χ3v) is 5.46. The number of carbonyl (C=O) groups is 1. The number of nitrogens with zero attached hydrogens (tertiary/aromatic N) is 3. The van der Waals surface area contributed by atoms with Crippen LogP contribution in [0, 0.1) is 5.92 Å². The van der Waals surface area contributed by atoms with E-state index in [0.717, 1.165) is 62.1 Å². The summed E-state index contributed by atoms with van der Waals surface area (Å²) in [6.07, 6.45) is 6.09. The molecule has 1 amide bonds. The van der Waals surface area contributed by atoms with Gasteiger partial charge < -0.3 is 19.9 Å². The van der Waals surface area contributed by atoms with Gasteiger partial charge in [0.25, 0.3) is 5.91 Å². The van der Waals surface area contributed by atoms with E-state index in [9.17, 15) is 4.79 Å². The third-order valence-electron chi connectivity index (χ3n) is 5.46. The molecular formula is C22H34N4O2. The molecule has 1 aliphatic heterocycles. The van der Waals surface area contributed by atoms with Crippen molar-refractivity contribution in [3.05, 3.63) is 35.4 Å². The summed E-state index contributed by atoms with van der Waals surface area (Å²) >= 11 is 0. The standard InChI is InChI=1S/C22H34N4O2/c1-23-22(25(2)13-14-28-17-18-9-10-18)24-16-19-7-6-8-20(15-19)21(27)26-11-4-3-5-12-26/h6-8,15,18H,3-5,9-14,16-17H2,1-2H3,(H,23,24). The Morgan fingerprint density at radius 2 is 2.07 bits per heavy atom. The van der Waals surface area contributed by atoms with Gasteiger partial charge in [-0.05, 0) is 55.7 Å². The number of carbonyl (C=O) groups excluding carboxylic acids is 1. The van der Waals surface area contributed by atoms with Crippen LogP contribution in [-0.4, -0.2) is 68.6 Å². The Bertz CT molecular complexity index is 666. The Balaban J connectivity index is 1.47. The van der Waals surface area contributed by atoms with E-state index >= 15 is 0 Å². The summed E-state index contributed by atoms with van der Waals surface area (Å²) in [7, 11) is 3.81. The highest BCUT2D eigenvalue weighted by atomic mass is 16.5. The van der Waals surface area contributed by atoms with E-state index in [2.05, 4.69) is 15.2 Å². The molecule has 1 saturated carbocycles. The largest absolute Gasteiger partial charge is 0.379 e. The lowest BCUT2D eigenvalue weighted by Crippen LogP contribution is -2.40. The fourth-order valence-corrected chi connectivity index (χ4v) is 3.50. The average molecular weight is 387 g/mol. The summed E-state index contributed by atoms with van der Waals surface area (Å²) < 4.78 is 5.72. The molecule has 1 saturated heterocycles. The Morgan fingerprint density at radius 1 is 1.29 bits per heavy atom. The maximum atomic E-state index is 12.7. The Labute approximate surface area is 168 Å². The zero-order chi connectivity index (χ0) is 19.8. The summed E-state index contributed by atoms with van der Waals surface area (Å²) in [4.78, 5) is 21.1. The second-order valence-corrected chi connectivity index (χ2v) is 7.89. The van der Waals surface area contributed by atoms with Gasteiger partial charge in [0.1, 0.15) is 0 Å². The number of hydrogen-bond acceptors (Lipinski definition) is 3. The maximum Gasteiger partial charge on any atom is 0.253 e. The van der Waals surface area contributed by atoms with Gasteiger partial charge in [-0.25, -0.2) is 0 Å². The topological polar surface area (TPSA) is 57.2 Å². The van der Waals surface area contributed by atoms with E-state index in [1.165, 1.54) is 19.3 Å². The fraction of sp³-hybridized carbons (Fsp3) is 0.636. The van der Waals surface area contributed by atoms with Gasteiger partial charge in [-0.2, -0.15) is 0 Å². The van der Waals surface area contributed by atoms with Gasteiger partial charge in [0.15, 0.2) is 5.96 Å². The lowest BCUT2D eigenvalue weighted by molar-refractivity contribution is 0.0724. The Hall–Kier alpha value is -2.08. The zero-order valence-electron chi connectivity index (χ0n) is 17.3. The molecule has 0 unspecified atom stereocenters. The van der Waals surface area contributed by atoms with Crippen LogP contribution in [0.15, 0.2) is 29.3 Å². The smallest absolute Gasteiger partial charge is 0.253 e. The van der Waals surface area contributed by atoms with Crippen molar-refractivity contribution in [3.8, 4) is 0 Å². The molecule has 1 N–H and O–H groups in total. The molecule has 0 bridgehead atoms. The molecular weight excluding hydrogens is 352 g/mol. The van der Waals surface area contributed by atoms with Crippen LogP contribution < -0.4 is 5.32 Å². The van der Waals surface area contributed by atoms with E-state index in [-0.39, 0.29) is 5.91 Å². The molecule has 1 aromatic carbocycles. The van der Waals surface area contributed by atoms with Crippen molar-refractivity contribution in [2.45, 2.75) is 38.6 Å². The van der Waals surface area contributed by atoms with E-state index < -0.39 is 0 Å². The number of rotatable bonds is 8. The lowest BCUT2D eigenvalue weighted by atomic mass is 10.1. The third kappa shape index (κ3) is 6.23. The first-order valence-electron chi connectivity index (χ1n) is 10.5. The first kappa shape index (κ1) is 20.6. The van der Waals surface area contributed by atoms with Crippen LogP contribution in [0.5, 0.6) is 0 Å². The van der Waals surface area contributed by atoms with Crippen LogP contribution >= 0.6 is 0 Å². The Kier molecular flexibility index (Phi) is 7.71. The number of likely N-dealkylation sites (N-methyl/N-ethyl adjacent to an activating group) is 1. The van der Waals surface area contributed by atoms with Gasteiger partial charge in [-0.15, -0.1) is 0 Å². The van der Waals surface area contributed by atoms with Crippen molar-refractivity contribution in [3.63, 3.8) is 0 Å². The van der Waals surface area contributed by atoms with Gasteiger partial charge in [0.2, 0.25) is 0 Å². The van der Waals surface area contributed by atoms with E-state index in [0.29, 0.717) is 13.2 Å². The highest BCUT2D eigenvalue weighted by Crippen LogP contribution is 2.28. The second kappa shape index (κ2) is 10.5. The summed E-state index contributed by atoms with van der Waals surface area (Å²) in [6.45, 7) is 4.80. The Morgan fingerprint density at radius 3 is 2.79 bits per heavy atom. The average Bonchev–Trinajstić information content (AvgIpc) is 3.56. The van der Waals surface area contributed by atoms with Gasteiger partial charge in [0, 0.05) is 52.4 Å². The normalized spacial score (nSPS) is 17.5.